The molecule has 2 N–H and O–H groups in total. The SMILES string of the molecule is COCC1CCCCN1C(=O)C1CC(COc2cccc(C(C)=O)c2)NN1. The van der Waals surface area contributed by atoms with E-state index in [1.165, 1.54) is 6.92 Å². The quantitative estimate of drug-likeness (QED) is 0.704. The molecule has 7 heteroatoms. The minimum atomic E-state index is -0.250. The summed E-state index contributed by atoms with van der Waals surface area (Å²) in [6.07, 6.45) is 3.86. The number of rotatable bonds is 7. The first-order chi connectivity index (χ1) is 13.1. The Bertz CT molecular complexity index is 664. The van der Waals surface area contributed by atoms with Crippen LogP contribution in [0.5, 0.6) is 5.75 Å². The van der Waals surface area contributed by atoms with Crippen molar-refractivity contribution in [1.82, 2.24) is 15.8 Å². The molecule has 3 atom stereocenters. The van der Waals surface area contributed by atoms with Crippen LogP contribution in [0.15, 0.2) is 24.3 Å². The molecule has 2 aliphatic heterocycles. The van der Waals surface area contributed by atoms with Crippen LogP contribution >= 0.6 is 0 Å². The van der Waals surface area contributed by atoms with Crippen LogP contribution in [-0.4, -0.2) is 61.6 Å². The largest absolute Gasteiger partial charge is 0.492 e. The van der Waals surface area contributed by atoms with Gasteiger partial charge in [-0.1, -0.05) is 12.1 Å². The summed E-state index contributed by atoms with van der Waals surface area (Å²) < 4.78 is 11.1. The molecule has 1 aromatic carbocycles. The van der Waals surface area contributed by atoms with Crippen molar-refractivity contribution in [2.24, 2.45) is 0 Å². The molecule has 3 unspecified atom stereocenters. The molecule has 0 aromatic heterocycles. The summed E-state index contributed by atoms with van der Waals surface area (Å²) in [6, 6.07) is 7.11. The van der Waals surface area contributed by atoms with Gasteiger partial charge in [-0.2, -0.15) is 0 Å². The van der Waals surface area contributed by atoms with E-state index < -0.39 is 0 Å². The molecule has 148 valence electrons. The average Bonchev–Trinajstić information content (AvgIpc) is 3.16. The Balaban J connectivity index is 1.51. The van der Waals surface area contributed by atoms with E-state index >= 15 is 0 Å². The third-order valence-electron chi connectivity index (χ3n) is 5.24. The Kier molecular flexibility index (Phi) is 6.82. The fourth-order valence-corrected chi connectivity index (χ4v) is 3.75. The van der Waals surface area contributed by atoms with Gasteiger partial charge in [0.1, 0.15) is 18.4 Å². The molecule has 0 bridgehead atoms. The van der Waals surface area contributed by atoms with Gasteiger partial charge in [0, 0.05) is 19.2 Å². The summed E-state index contributed by atoms with van der Waals surface area (Å²) in [6.45, 7) is 3.35. The van der Waals surface area contributed by atoms with Crippen LogP contribution in [0.3, 0.4) is 0 Å². The molecule has 2 fully saturated rings. The summed E-state index contributed by atoms with van der Waals surface area (Å²) in [5.41, 5.74) is 6.91. The van der Waals surface area contributed by atoms with Gasteiger partial charge >= 0.3 is 0 Å². The Hall–Kier alpha value is -1.96. The molecule has 0 aliphatic carbocycles. The highest BCUT2D eigenvalue weighted by molar-refractivity contribution is 5.94. The van der Waals surface area contributed by atoms with E-state index in [-0.39, 0.29) is 29.8 Å². The number of Topliss-reactive ketones (excluding diaryl/α,β-unsaturated/α-hetero) is 1. The standard InChI is InChI=1S/C20H29N3O4/c1-14(24)15-6-5-8-18(10-15)27-12-16-11-19(22-21-16)20(25)23-9-4-3-7-17(23)13-26-2/h5-6,8,10,16-17,19,21-22H,3-4,7,9,11-13H2,1-2H3. The fourth-order valence-electron chi connectivity index (χ4n) is 3.75. The Labute approximate surface area is 160 Å². The van der Waals surface area contributed by atoms with Crippen molar-refractivity contribution in [1.29, 1.82) is 0 Å². The summed E-state index contributed by atoms with van der Waals surface area (Å²) in [4.78, 5) is 26.3. The molecule has 1 amide bonds. The smallest absolute Gasteiger partial charge is 0.241 e. The summed E-state index contributed by atoms with van der Waals surface area (Å²) in [7, 11) is 1.68. The number of hydrogen-bond acceptors (Lipinski definition) is 6. The second kappa shape index (κ2) is 9.30. The van der Waals surface area contributed by atoms with Gasteiger partial charge in [0.25, 0.3) is 0 Å². The number of piperidine rings is 1. The Morgan fingerprint density at radius 3 is 2.85 bits per heavy atom. The maximum atomic E-state index is 12.9. The molecule has 1 aromatic rings. The molecular weight excluding hydrogens is 346 g/mol. The highest BCUT2D eigenvalue weighted by Crippen LogP contribution is 2.21. The van der Waals surface area contributed by atoms with Gasteiger partial charge in [-0.15, -0.1) is 0 Å². The normalized spacial score (nSPS) is 25.4. The molecular formula is C20H29N3O4. The van der Waals surface area contributed by atoms with Crippen molar-refractivity contribution >= 4 is 11.7 Å². The highest BCUT2D eigenvalue weighted by atomic mass is 16.5. The number of hydrazine groups is 1. The number of nitrogens with zero attached hydrogens (tertiary/aromatic N) is 1. The third kappa shape index (κ3) is 5.06. The molecule has 0 spiro atoms. The van der Waals surface area contributed by atoms with E-state index in [1.54, 1.807) is 19.2 Å². The minimum Gasteiger partial charge on any atom is -0.492 e. The van der Waals surface area contributed by atoms with E-state index in [1.807, 2.05) is 17.0 Å². The first-order valence-electron chi connectivity index (χ1n) is 9.62. The predicted octanol–water partition coefficient (Wildman–Crippen LogP) is 1.53. The van der Waals surface area contributed by atoms with E-state index in [2.05, 4.69) is 10.9 Å². The van der Waals surface area contributed by atoms with Crippen LogP contribution < -0.4 is 15.6 Å². The van der Waals surface area contributed by atoms with Gasteiger partial charge in [-0.05, 0) is 44.7 Å². The Morgan fingerprint density at radius 1 is 1.22 bits per heavy atom. The first-order valence-corrected chi connectivity index (χ1v) is 9.62. The van der Waals surface area contributed by atoms with E-state index in [4.69, 9.17) is 9.47 Å². The van der Waals surface area contributed by atoms with E-state index in [9.17, 15) is 9.59 Å². The molecule has 0 radical (unpaired) electrons. The Morgan fingerprint density at radius 2 is 2.07 bits per heavy atom. The zero-order valence-electron chi connectivity index (χ0n) is 16.1. The van der Waals surface area contributed by atoms with Gasteiger partial charge in [0.15, 0.2) is 5.78 Å². The van der Waals surface area contributed by atoms with Crippen LogP contribution in [0.1, 0.15) is 43.0 Å². The predicted molar refractivity (Wildman–Crippen MR) is 102 cm³/mol. The fraction of sp³-hybridized carbons (Fsp3) is 0.600. The number of hydrogen-bond donors (Lipinski definition) is 2. The van der Waals surface area contributed by atoms with Crippen LogP contribution in [0.25, 0.3) is 0 Å². The molecule has 2 saturated heterocycles. The van der Waals surface area contributed by atoms with Gasteiger partial charge in [0.05, 0.1) is 18.7 Å². The topological polar surface area (TPSA) is 79.9 Å². The lowest BCUT2D eigenvalue weighted by Gasteiger charge is -2.36. The number of carbonyl (C=O) groups excluding carboxylic acids is 2. The monoisotopic (exact) mass is 375 g/mol. The van der Waals surface area contributed by atoms with Gasteiger partial charge in [-0.25, -0.2) is 5.43 Å². The first kappa shape index (κ1) is 19.8. The third-order valence-corrected chi connectivity index (χ3v) is 5.24. The number of ether oxygens (including phenoxy) is 2. The number of benzene rings is 1. The second-order valence-electron chi connectivity index (χ2n) is 7.31. The summed E-state index contributed by atoms with van der Waals surface area (Å²) in [5.74, 6) is 0.805. The molecule has 0 saturated carbocycles. The lowest BCUT2D eigenvalue weighted by atomic mass is 10.0. The van der Waals surface area contributed by atoms with Crippen molar-refractivity contribution in [3.8, 4) is 5.75 Å². The second-order valence-corrected chi connectivity index (χ2v) is 7.31. The van der Waals surface area contributed by atoms with Crippen molar-refractivity contribution in [3.05, 3.63) is 29.8 Å². The van der Waals surface area contributed by atoms with Crippen LogP contribution in [0.2, 0.25) is 0 Å². The van der Waals surface area contributed by atoms with Crippen LogP contribution in [-0.2, 0) is 9.53 Å². The highest BCUT2D eigenvalue weighted by Gasteiger charge is 2.36. The van der Waals surface area contributed by atoms with Crippen LogP contribution in [0, 0.1) is 0 Å². The van der Waals surface area contributed by atoms with Crippen molar-refractivity contribution in [2.45, 2.75) is 50.7 Å². The van der Waals surface area contributed by atoms with Crippen molar-refractivity contribution < 1.29 is 19.1 Å². The van der Waals surface area contributed by atoms with E-state index in [0.29, 0.717) is 30.9 Å². The van der Waals surface area contributed by atoms with Crippen molar-refractivity contribution in [3.63, 3.8) is 0 Å². The molecule has 2 aliphatic rings. The average molecular weight is 375 g/mol. The van der Waals surface area contributed by atoms with Crippen LogP contribution in [0.4, 0.5) is 0 Å². The molecule has 27 heavy (non-hydrogen) atoms. The van der Waals surface area contributed by atoms with Gasteiger partial charge in [-0.3, -0.25) is 15.0 Å². The maximum absolute atomic E-state index is 12.9. The number of likely N-dealkylation sites (tertiary alicyclic amines) is 1. The molecule has 7 nitrogen and oxygen atoms in total. The zero-order valence-corrected chi connectivity index (χ0v) is 16.1. The number of methoxy groups -OCH3 is 1. The molecule has 3 rings (SSSR count). The number of amides is 1. The zero-order chi connectivity index (χ0) is 19.2. The molecule has 2 heterocycles. The maximum Gasteiger partial charge on any atom is 0.241 e. The van der Waals surface area contributed by atoms with Crippen molar-refractivity contribution in [2.75, 3.05) is 26.9 Å². The lowest BCUT2D eigenvalue weighted by Crippen LogP contribution is -2.52. The van der Waals surface area contributed by atoms with Gasteiger partial charge in [0.2, 0.25) is 5.91 Å². The van der Waals surface area contributed by atoms with E-state index in [0.717, 1.165) is 25.8 Å². The number of carbonyl (C=O) groups is 2. The summed E-state index contributed by atoms with van der Waals surface area (Å²) in [5, 5.41) is 0. The lowest BCUT2D eigenvalue weighted by molar-refractivity contribution is -0.138. The van der Waals surface area contributed by atoms with Gasteiger partial charge < -0.3 is 14.4 Å². The minimum absolute atomic E-state index is 0.0129. The number of ketones is 1. The summed E-state index contributed by atoms with van der Waals surface area (Å²) >= 11 is 0. The number of nitrogens with one attached hydrogen (secondary N) is 2.